The molecule has 0 fully saturated rings. The fraction of sp³-hybridized carbons (Fsp3) is 0.0909. The number of rotatable bonds is 4. The lowest BCUT2D eigenvalue weighted by Crippen LogP contribution is -2.12. The van der Waals surface area contributed by atoms with E-state index in [9.17, 15) is 9.59 Å². The summed E-state index contributed by atoms with van der Waals surface area (Å²) in [7, 11) is 0. The lowest BCUT2D eigenvalue weighted by atomic mass is 10.0. The molecule has 3 aromatic carbocycles. The van der Waals surface area contributed by atoms with Crippen LogP contribution in [0.2, 0.25) is 0 Å². The van der Waals surface area contributed by atoms with Gasteiger partial charge in [-0.25, -0.2) is 4.79 Å². The number of Topliss-reactive ketones (excluding diaryl/α,β-unsaturated/α-hetero) is 1. The van der Waals surface area contributed by atoms with Crippen molar-refractivity contribution in [1.29, 1.82) is 0 Å². The number of aryl methyl sites for hydroxylation is 1. The van der Waals surface area contributed by atoms with Crippen molar-refractivity contribution in [3.63, 3.8) is 0 Å². The number of hydrogen-bond acceptors (Lipinski definition) is 4. The molecule has 0 saturated carbocycles. The second kappa shape index (κ2) is 6.48. The summed E-state index contributed by atoms with van der Waals surface area (Å²) in [5, 5.41) is 2.24. The van der Waals surface area contributed by atoms with Crippen molar-refractivity contribution in [2.45, 2.75) is 6.92 Å². The van der Waals surface area contributed by atoms with E-state index in [1.54, 1.807) is 18.2 Å². The maximum Gasteiger partial charge on any atom is 0.344 e. The van der Waals surface area contributed by atoms with Gasteiger partial charge in [0, 0.05) is 16.5 Å². The first-order chi connectivity index (χ1) is 12.6. The Morgan fingerprint density at radius 2 is 1.58 bits per heavy atom. The molecule has 128 valence electrons. The highest BCUT2D eigenvalue weighted by atomic mass is 16.5. The average molecular weight is 344 g/mol. The van der Waals surface area contributed by atoms with Crippen molar-refractivity contribution < 1.29 is 13.9 Å². The molecule has 0 aliphatic carbocycles. The van der Waals surface area contributed by atoms with Crippen LogP contribution in [-0.4, -0.2) is 12.4 Å². The fourth-order valence-corrected chi connectivity index (χ4v) is 3.07. The molecule has 4 rings (SSSR count). The van der Waals surface area contributed by atoms with Crippen LogP contribution in [0.5, 0.6) is 5.75 Å². The molecule has 0 aliphatic heterocycles. The van der Waals surface area contributed by atoms with E-state index in [1.807, 2.05) is 55.5 Å². The summed E-state index contributed by atoms with van der Waals surface area (Å²) in [5.74, 6) is 0.422. The van der Waals surface area contributed by atoms with Crippen LogP contribution in [-0.2, 0) is 0 Å². The van der Waals surface area contributed by atoms with Gasteiger partial charge in [0.15, 0.2) is 12.4 Å². The Balaban J connectivity index is 1.71. The SMILES string of the molecule is Cc1c(OCC(=O)c2ccccc2)ccc2c1oc(=O)c1ccccc12. The molecular formula is C22H16O4. The van der Waals surface area contributed by atoms with Crippen LogP contribution in [0.15, 0.2) is 75.9 Å². The maximum atomic E-state index is 12.2. The van der Waals surface area contributed by atoms with Crippen molar-refractivity contribution in [1.82, 2.24) is 0 Å². The zero-order valence-corrected chi connectivity index (χ0v) is 14.2. The summed E-state index contributed by atoms with van der Waals surface area (Å²) >= 11 is 0. The molecule has 0 atom stereocenters. The van der Waals surface area contributed by atoms with Gasteiger partial charge in [-0.2, -0.15) is 0 Å². The van der Waals surface area contributed by atoms with Gasteiger partial charge in [-0.1, -0.05) is 48.5 Å². The number of hydrogen-bond donors (Lipinski definition) is 0. The predicted molar refractivity (Wildman–Crippen MR) is 101 cm³/mol. The second-order valence-electron chi connectivity index (χ2n) is 6.08. The molecule has 0 unspecified atom stereocenters. The van der Waals surface area contributed by atoms with Gasteiger partial charge in [0.2, 0.25) is 0 Å². The third-order valence-corrected chi connectivity index (χ3v) is 4.44. The molecule has 4 heteroatoms. The maximum absolute atomic E-state index is 12.2. The molecule has 0 amide bonds. The van der Waals surface area contributed by atoms with Crippen LogP contribution in [0.1, 0.15) is 15.9 Å². The molecule has 1 aromatic heterocycles. The van der Waals surface area contributed by atoms with Gasteiger partial charge in [-0.3, -0.25) is 4.79 Å². The Labute approximate surface area is 149 Å². The molecule has 0 aliphatic rings. The van der Waals surface area contributed by atoms with Crippen LogP contribution < -0.4 is 10.4 Å². The molecule has 1 heterocycles. The first kappa shape index (κ1) is 16.1. The third-order valence-electron chi connectivity index (χ3n) is 4.44. The largest absolute Gasteiger partial charge is 0.485 e. The van der Waals surface area contributed by atoms with E-state index in [-0.39, 0.29) is 18.0 Å². The topological polar surface area (TPSA) is 56.5 Å². The number of fused-ring (bicyclic) bond motifs is 3. The third kappa shape index (κ3) is 2.75. The minimum atomic E-state index is -0.381. The highest BCUT2D eigenvalue weighted by Gasteiger charge is 2.13. The van der Waals surface area contributed by atoms with Gasteiger partial charge < -0.3 is 9.15 Å². The summed E-state index contributed by atoms with van der Waals surface area (Å²) in [6, 6.07) is 20.0. The monoisotopic (exact) mass is 344 g/mol. The zero-order valence-electron chi connectivity index (χ0n) is 14.2. The number of ether oxygens (including phenoxy) is 1. The lowest BCUT2D eigenvalue weighted by Gasteiger charge is -2.11. The van der Waals surface area contributed by atoms with Crippen molar-refractivity contribution >= 4 is 27.5 Å². The number of carbonyl (C=O) groups is 1. The average Bonchev–Trinajstić information content (AvgIpc) is 2.69. The lowest BCUT2D eigenvalue weighted by molar-refractivity contribution is 0.0921. The summed E-state index contributed by atoms with van der Waals surface area (Å²) in [4.78, 5) is 24.5. The standard InChI is InChI=1S/C22H16O4/c1-14-20(25-13-19(23)15-7-3-2-4-8-15)12-11-17-16-9-5-6-10-18(16)22(24)26-21(14)17/h2-12H,13H2,1H3. The first-order valence-electron chi connectivity index (χ1n) is 8.31. The van der Waals surface area contributed by atoms with Gasteiger partial charge in [0.05, 0.1) is 5.39 Å². The number of carbonyl (C=O) groups excluding carboxylic acids is 1. The summed E-state index contributed by atoms with van der Waals surface area (Å²) in [6.45, 7) is 1.75. The Hall–Kier alpha value is -3.40. The van der Waals surface area contributed by atoms with E-state index in [1.165, 1.54) is 0 Å². The minimum Gasteiger partial charge on any atom is -0.485 e. The number of ketones is 1. The molecule has 0 saturated heterocycles. The molecule has 4 nitrogen and oxygen atoms in total. The van der Waals surface area contributed by atoms with Crippen LogP contribution in [0.25, 0.3) is 21.7 Å². The van der Waals surface area contributed by atoms with E-state index in [0.717, 1.165) is 10.8 Å². The first-order valence-corrected chi connectivity index (χ1v) is 8.31. The van der Waals surface area contributed by atoms with Gasteiger partial charge in [0.1, 0.15) is 11.3 Å². The van der Waals surface area contributed by atoms with E-state index < -0.39 is 0 Å². The van der Waals surface area contributed by atoms with E-state index >= 15 is 0 Å². The Bertz CT molecular complexity index is 1170. The van der Waals surface area contributed by atoms with Gasteiger partial charge in [-0.15, -0.1) is 0 Å². The summed E-state index contributed by atoms with van der Waals surface area (Å²) in [6.07, 6.45) is 0. The van der Waals surface area contributed by atoms with Crippen molar-refractivity contribution in [2.24, 2.45) is 0 Å². The highest BCUT2D eigenvalue weighted by Crippen LogP contribution is 2.30. The molecule has 26 heavy (non-hydrogen) atoms. The van der Waals surface area contributed by atoms with Gasteiger partial charge >= 0.3 is 5.63 Å². The molecule has 0 radical (unpaired) electrons. The second-order valence-corrected chi connectivity index (χ2v) is 6.08. The normalized spacial score (nSPS) is 11.0. The van der Waals surface area contributed by atoms with Crippen molar-refractivity contribution in [3.8, 4) is 5.75 Å². The Morgan fingerprint density at radius 3 is 2.35 bits per heavy atom. The smallest absolute Gasteiger partial charge is 0.344 e. The quantitative estimate of drug-likeness (QED) is 0.310. The van der Waals surface area contributed by atoms with Gasteiger partial charge in [-0.05, 0) is 30.5 Å². The van der Waals surface area contributed by atoms with Crippen LogP contribution in [0.4, 0.5) is 0 Å². The van der Waals surface area contributed by atoms with Crippen LogP contribution in [0.3, 0.4) is 0 Å². The van der Waals surface area contributed by atoms with Crippen molar-refractivity contribution in [2.75, 3.05) is 6.61 Å². The number of benzene rings is 3. The fourth-order valence-electron chi connectivity index (χ4n) is 3.07. The van der Waals surface area contributed by atoms with Crippen molar-refractivity contribution in [3.05, 3.63) is 88.3 Å². The van der Waals surface area contributed by atoms with Crippen LogP contribution in [0, 0.1) is 6.92 Å². The minimum absolute atomic E-state index is 0.0752. The van der Waals surface area contributed by atoms with E-state index in [0.29, 0.717) is 27.8 Å². The molecule has 0 bridgehead atoms. The van der Waals surface area contributed by atoms with E-state index in [2.05, 4.69) is 0 Å². The molecule has 0 spiro atoms. The predicted octanol–water partition coefficient (Wildman–Crippen LogP) is 4.52. The van der Waals surface area contributed by atoms with E-state index in [4.69, 9.17) is 9.15 Å². The highest BCUT2D eigenvalue weighted by molar-refractivity contribution is 6.05. The molecule has 0 N–H and O–H groups in total. The Morgan fingerprint density at radius 1 is 0.885 bits per heavy atom. The molecular weight excluding hydrogens is 328 g/mol. The zero-order chi connectivity index (χ0) is 18.1. The molecule has 4 aromatic rings. The summed E-state index contributed by atoms with van der Waals surface area (Å²) in [5.41, 5.74) is 1.40. The van der Waals surface area contributed by atoms with Crippen LogP contribution >= 0.6 is 0 Å². The van der Waals surface area contributed by atoms with Gasteiger partial charge in [0.25, 0.3) is 0 Å². The Kier molecular flexibility index (Phi) is 4.01. The summed E-state index contributed by atoms with van der Waals surface area (Å²) < 4.78 is 11.2.